The highest BCUT2D eigenvalue weighted by Crippen LogP contribution is 2.34. The van der Waals surface area contributed by atoms with Crippen LogP contribution >= 0.6 is 11.8 Å². The highest BCUT2D eigenvalue weighted by Gasteiger charge is 2.26. The van der Waals surface area contributed by atoms with Gasteiger partial charge in [-0.15, -0.1) is 0 Å². The first-order valence-corrected chi connectivity index (χ1v) is 12.1. The number of nitrogens with zero attached hydrogens (tertiary/aromatic N) is 2. The summed E-state index contributed by atoms with van der Waals surface area (Å²) in [5.74, 6) is 2.87. The third-order valence-corrected chi connectivity index (χ3v) is 5.90. The molecule has 4 aromatic rings. The molecular formula is C24H25N3O6S. The minimum atomic E-state index is -0.433. The maximum Gasteiger partial charge on any atom is 0.249 e. The molecule has 34 heavy (non-hydrogen) atoms. The van der Waals surface area contributed by atoms with Crippen LogP contribution in [-0.2, 0) is 11.2 Å². The molecule has 0 saturated carbocycles. The molecule has 1 unspecified atom stereocenters. The Hall–Kier alpha value is -3.53. The summed E-state index contributed by atoms with van der Waals surface area (Å²) in [7, 11) is 1.58. The van der Waals surface area contributed by atoms with E-state index in [0.29, 0.717) is 46.5 Å². The molecule has 0 aliphatic rings. The highest BCUT2D eigenvalue weighted by atomic mass is 32.2. The Labute approximate surface area is 199 Å². The quantitative estimate of drug-likeness (QED) is 0.373. The van der Waals surface area contributed by atoms with E-state index in [1.54, 1.807) is 57.0 Å². The topological polar surface area (TPSA) is 121 Å². The van der Waals surface area contributed by atoms with Gasteiger partial charge in [-0.2, -0.15) is 16.7 Å². The van der Waals surface area contributed by atoms with Crippen LogP contribution in [-0.4, -0.2) is 35.2 Å². The number of hydrogen-bond acceptors (Lipinski definition) is 9. The number of thioether (sulfide) groups is 1. The monoisotopic (exact) mass is 483 g/mol. The van der Waals surface area contributed by atoms with Crippen molar-refractivity contribution in [3.63, 3.8) is 0 Å². The second-order valence-corrected chi connectivity index (χ2v) is 8.76. The summed E-state index contributed by atoms with van der Waals surface area (Å²) in [4.78, 5) is 30.0. The fraction of sp³-hybridized carbons (Fsp3) is 0.333. The van der Waals surface area contributed by atoms with Crippen molar-refractivity contribution in [2.45, 2.75) is 32.7 Å². The minimum absolute atomic E-state index is 0.0658. The number of methoxy groups -OCH3 is 1. The first-order chi connectivity index (χ1) is 16.4. The number of aromatic nitrogens is 2. The van der Waals surface area contributed by atoms with Gasteiger partial charge < -0.3 is 23.4 Å². The lowest BCUT2D eigenvalue weighted by molar-refractivity contribution is -0.121. The van der Waals surface area contributed by atoms with Crippen LogP contribution in [0.15, 0.2) is 48.5 Å². The molecule has 4 rings (SSSR count). The highest BCUT2D eigenvalue weighted by molar-refractivity contribution is 7.98. The summed E-state index contributed by atoms with van der Waals surface area (Å²) in [6.45, 7) is 3.41. The molecule has 1 N–H and O–H groups in total. The van der Waals surface area contributed by atoms with Gasteiger partial charge in [-0.1, -0.05) is 5.16 Å². The number of benzene rings is 1. The van der Waals surface area contributed by atoms with E-state index in [2.05, 4.69) is 15.5 Å². The smallest absolute Gasteiger partial charge is 0.249 e. The van der Waals surface area contributed by atoms with E-state index < -0.39 is 6.04 Å². The van der Waals surface area contributed by atoms with Gasteiger partial charge in [0.25, 0.3) is 0 Å². The van der Waals surface area contributed by atoms with Crippen LogP contribution in [0.2, 0.25) is 0 Å². The number of carbonyl (C=O) groups is 1. The fourth-order valence-corrected chi connectivity index (χ4v) is 4.12. The maximum atomic E-state index is 13.2. The summed E-state index contributed by atoms with van der Waals surface area (Å²) in [5.41, 5.74) is 1.22. The molecule has 10 heteroatoms. The van der Waals surface area contributed by atoms with Gasteiger partial charge in [0.15, 0.2) is 11.4 Å². The Bertz CT molecular complexity index is 1360. The molecule has 0 fully saturated rings. The minimum Gasteiger partial charge on any atom is -0.497 e. The van der Waals surface area contributed by atoms with Crippen LogP contribution in [0.5, 0.6) is 5.75 Å². The first-order valence-electron chi connectivity index (χ1n) is 10.7. The van der Waals surface area contributed by atoms with Crippen molar-refractivity contribution in [2.75, 3.05) is 19.1 Å². The second-order valence-electron chi connectivity index (χ2n) is 7.78. The third-order valence-electron chi connectivity index (χ3n) is 5.26. The molecule has 178 valence electrons. The molecule has 0 aliphatic heterocycles. The lowest BCUT2D eigenvalue weighted by Gasteiger charge is -2.14. The van der Waals surface area contributed by atoms with Crippen molar-refractivity contribution in [3.8, 4) is 17.1 Å². The van der Waals surface area contributed by atoms with Crippen molar-refractivity contribution in [3.05, 3.63) is 63.6 Å². The zero-order valence-corrected chi connectivity index (χ0v) is 20.2. The first kappa shape index (κ1) is 23.6. The number of aryl methyl sites for hydroxylation is 2. The Morgan fingerprint density at radius 1 is 1.18 bits per heavy atom. The third kappa shape index (κ3) is 5.01. The van der Waals surface area contributed by atoms with E-state index in [-0.39, 0.29) is 28.9 Å². The molecule has 0 spiro atoms. The van der Waals surface area contributed by atoms with Crippen molar-refractivity contribution in [1.29, 1.82) is 0 Å². The van der Waals surface area contributed by atoms with Crippen molar-refractivity contribution in [1.82, 2.24) is 15.5 Å². The van der Waals surface area contributed by atoms with Crippen LogP contribution in [0, 0.1) is 13.8 Å². The van der Waals surface area contributed by atoms with Gasteiger partial charge in [0, 0.05) is 11.6 Å². The van der Waals surface area contributed by atoms with E-state index in [0.717, 1.165) is 5.75 Å². The number of nitrogens with one attached hydrogen (secondary N) is 1. The summed E-state index contributed by atoms with van der Waals surface area (Å²) in [5, 5.41) is 6.82. The molecule has 1 aromatic carbocycles. The largest absolute Gasteiger partial charge is 0.497 e. The van der Waals surface area contributed by atoms with E-state index in [1.165, 1.54) is 6.07 Å². The zero-order chi connectivity index (χ0) is 24.2. The van der Waals surface area contributed by atoms with Gasteiger partial charge >= 0.3 is 0 Å². The lowest BCUT2D eigenvalue weighted by Crippen LogP contribution is -2.30. The van der Waals surface area contributed by atoms with Crippen LogP contribution in [0.1, 0.15) is 35.5 Å². The predicted molar refractivity (Wildman–Crippen MR) is 128 cm³/mol. The Morgan fingerprint density at radius 3 is 2.59 bits per heavy atom. The number of carbonyl (C=O) groups excluding carboxylic acids is 1. The van der Waals surface area contributed by atoms with Crippen molar-refractivity contribution in [2.24, 2.45) is 0 Å². The van der Waals surface area contributed by atoms with Gasteiger partial charge in [0.2, 0.25) is 22.8 Å². The molecule has 0 saturated heterocycles. The molecule has 3 aromatic heterocycles. The molecule has 0 bridgehead atoms. The predicted octanol–water partition coefficient (Wildman–Crippen LogP) is 4.21. The summed E-state index contributed by atoms with van der Waals surface area (Å²) in [6, 6.07) is 8.10. The normalized spacial score (nSPS) is 12.1. The standard InChI is InChI=1S/C24H25N3O6S/c1-13-11-19(28)23-22(31-13)17(21(32-23)15-5-7-16(30-3)8-6-15)12-20(29)26-18(9-10-34-4)24-25-14(2)27-33-24/h5-8,11,18H,9-10,12H2,1-4H3,(H,26,29). The van der Waals surface area contributed by atoms with Gasteiger partial charge in [-0.3, -0.25) is 9.59 Å². The fourth-order valence-electron chi connectivity index (χ4n) is 3.65. The summed E-state index contributed by atoms with van der Waals surface area (Å²) in [6.07, 6.45) is 2.55. The average Bonchev–Trinajstić information content (AvgIpc) is 3.41. The Morgan fingerprint density at radius 2 is 1.94 bits per heavy atom. The SMILES string of the molecule is COc1ccc(-c2oc3c(=O)cc(C)oc3c2CC(=O)NC(CCSC)c2nc(C)no2)cc1. The molecule has 1 amide bonds. The Balaban J connectivity index is 1.70. The summed E-state index contributed by atoms with van der Waals surface area (Å²) < 4.78 is 22.3. The zero-order valence-electron chi connectivity index (χ0n) is 19.3. The van der Waals surface area contributed by atoms with Crippen molar-refractivity contribution < 1.29 is 22.9 Å². The molecule has 9 nitrogen and oxygen atoms in total. The Kier molecular flexibility index (Phi) is 7.06. The van der Waals surface area contributed by atoms with Gasteiger partial charge in [-0.25, -0.2) is 0 Å². The van der Waals surface area contributed by atoms with Gasteiger partial charge in [0.05, 0.1) is 19.1 Å². The molecule has 0 aliphatic carbocycles. The van der Waals surface area contributed by atoms with Gasteiger partial charge in [-0.05, 0) is 56.5 Å². The van der Waals surface area contributed by atoms with E-state index in [1.807, 2.05) is 6.26 Å². The number of fused-ring (bicyclic) bond motifs is 1. The maximum absolute atomic E-state index is 13.2. The number of ether oxygens (including phenoxy) is 1. The number of furan rings is 1. The van der Waals surface area contributed by atoms with E-state index in [9.17, 15) is 9.59 Å². The van der Waals surface area contributed by atoms with Crippen LogP contribution in [0.4, 0.5) is 0 Å². The van der Waals surface area contributed by atoms with Crippen LogP contribution in [0.25, 0.3) is 22.5 Å². The molecular weight excluding hydrogens is 458 g/mol. The van der Waals surface area contributed by atoms with Crippen LogP contribution < -0.4 is 15.5 Å². The van der Waals surface area contributed by atoms with Crippen molar-refractivity contribution >= 4 is 28.8 Å². The van der Waals surface area contributed by atoms with E-state index >= 15 is 0 Å². The van der Waals surface area contributed by atoms with Gasteiger partial charge in [0.1, 0.15) is 23.3 Å². The van der Waals surface area contributed by atoms with E-state index in [4.69, 9.17) is 18.1 Å². The lowest BCUT2D eigenvalue weighted by atomic mass is 10.0. The second kappa shape index (κ2) is 10.2. The molecule has 0 radical (unpaired) electrons. The molecule has 3 heterocycles. The number of amides is 1. The van der Waals surface area contributed by atoms with Crippen LogP contribution in [0.3, 0.4) is 0 Å². The number of rotatable bonds is 9. The average molecular weight is 484 g/mol. The number of hydrogen-bond donors (Lipinski definition) is 1. The summed E-state index contributed by atoms with van der Waals surface area (Å²) >= 11 is 1.66. The molecule has 1 atom stereocenters.